The number of benzene rings is 1. The predicted molar refractivity (Wildman–Crippen MR) is 78.6 cm³/mol. The number of hydrogen-bond acceptors (Lipinski definition) is 2. The number of nitrogens with zero attached hydrogens (tertiary/aromatic N) is 1. The molecule has 2 aliphatic heterocycles. The molecule has 2 saturated heterocycles. The lowest BCUT2D eigenvalue weighted by Gasteiger charge is -2.35. The Morgan fingerprint density at radius 1 is 1.32 bits per heavy atom. The molecular formula is C15H20BrFN2. The van der Waals surface area contributed by atoms with Crippen LogP contribution in [0.1, 0.15) is 31.2 Å². The van der Waals surface area contributed by atoms with Crippen LogP contribution in [0, 0.1) is 5.82 Å². The fourth-order valence-electron chi connectivity index (χ4n) is 3.33. The first kappa shape index (κ1) is 13.5. The van der Waals surface area contributed by atoms with E-state index in [4.69, 9.17) is 0 Å². The van der Waals surface area contributed by atoms with Crippen molar-refractivity contribution >= 4 is 15.9 Å². The quantitative estimate of drug-likeness (QED) is 0.916. The van der Waals surface area contributed by atoms with Gasteiger partial charge >= 0.3 is 0 Å². The summed E-state index contributed by atoms with van der Waals surface area (Å²) in [4.78, 5) is 2.63. The summed E-state index contributed by atoms with van der Waals surface area (Å²) < 4.78 is 13.9. The Morgan fingerprint density at radius 3 is 3.05 bits per heavy atom. The van der Waals surface area contributed by atoms with Crippen molar-refractivity contribution in [1.29, 1.82) is 0 Å². The molecule has 0 aromatic heterocycles. The van der Waals surface area contributed by atoms with E-state index in [2.05, 4.69) is 26.1 Å². The van der Waals surface area contributed by atoms with Crippen molar-refractivity contribution in [3.63, 3.8) is 0 Å². The molecule has 104 valence electrons. The van der Waals surface area contributed by atoms with Gasteiger partial charge in [-0.15, -0.1) is 0 Å². The summed E-state index contributed by atoms with van der Waals surface area (Å²) >= 11 is 3.43. The molecule has 0 aliphatic carbocycles. The van der Waals surface area contributed by atoms with E-state index < -0.39 is 0 Å². The number of rotatable bonds is 3. The smallest absolute Gasteiger partial charge is 0.124 e. The molecule has 2 atom stereocenters. The van der Waals surface area contributed by atoms with Crippen LogP contribution < -0.4 is 5.32 Å². The molecule has 0 bridgehead atoms. The van der Waals surface area contributed by atoms with Gasteiger partial charge in [-0.25, -0.2) is 4.39 Å². The van der Waals surface area contributed by atoms with E-state index in [0.29, 0.717) is 6.04 Å². The van der Waals surface area contributed by atoms with E-state index in [1.54, 1.807) is 0 Å². The Bertz CT molecular complexity index is 452. The zero-order chi connectivity index (χ0) is 13.2. The number of fused-ring (bicyclic) bond motifs is 1. The maximum atomic E-state index is 13.0. The van der Waals surface area contributed by atoms with Crippen molar-refractivity contribution in [3.05, 3.63) is 34.1 Å². The van der Waals surface area contributed by atoms with Crippen LogP contribution in [0.4, 0.5) is 4.39 Å². The van der Waals surface area contributed by atoms with Crippen molar-refractivity contribution in [3.8, 4) is 0 Å². The summed E-state index contributed by atoms with van der Waals surface area (Å²) in [6.07, 6.45) is 5.22. The lowest BCUT2D eigenvalue weighted by molar-refractivity contribution is 0.166. The summed E-state index contributed by atoms with van der Waals surface area (Å²) in [5, 5.41) is 3.63. The molecule has 2 fully saturated rings. The minimum Gasteiger partial charge on any atom is -0.310 e. The van der Waals surface area contributed by atoms with Gasteiger partial charge in [-0.05, 0) is 56.5 Å². The fraction of sp³-hybridized carbons (Fsp3) is 0.600. The standard InChI is InChI=1S/C15H20BrFN2/c16-15-8-12(17)4-3-11(15)10-18-13-5-7-19-6-1-2-14(19)9-13/h3-4,8,13-14,18H,1-2,5-7,9-10H2. The first-order valence-electron chi connectivity index (χ1n) is 7.14. The van der Waals surface area contributed by atoms with Gasteiger partial charge in [0, 0.05) is 23.1 Å². The Morgan fingerprint density at radius 2 is 2.21 bits per heavy atom. The molecule has 19 heavy (non-hydrogen) atoms. The van der Waals surface area contributed by atoms with Gasteiger partial charge in [-0.1, -0.05) is 22.0 Å². The Labute approximate surface area is 122 Å². The molecule has 0 radical (unpaired) electrons. The highest BCUT2D eigenvalue weighted by Crippen LogP contribution is 2.27. The molecule has 0 amide bonds. The first-order chi connectivity index (χ1) is 9.22. The zero-order valence-electron chi connectivity index (χ0n) is 11.0. The van der Waals surface area contributed by atoms with Crippen LogP contribution >= 0.6 is 15.9 Å². The average molecular weight is 327 g/mol. The molecule has 4 heteroatoms. The molecule has 2 heterocycles. The molecule has 1 aromatic rings. The lowest BCUT2D eigenvalue weighted by atomic mass is 9.97. The highest BCUT2D eigenvalue weighted by Gasteiger charge is 2.31. The van der Waals surface area contributed by atoms with E-state index in [-0.39, 0.29) is 5.82 Å². The molecule has 2 aliphatic rings. The third-order valence-electron chi connectivity index (χ3n) is 4.42. The molecule has 0 saturated carbocycles. The van der Waals surface area contributed by atoms with E-state index in [9.17, 15) is 4.39 Å². The van der Waals surface area contributed by atoms with Gasteiger partial charge < -0.3 is 10.2 Å². The molecule has 0 spiro atoms. The monoisotopic (exact) mass is 326 g/mol. The maximum absolute atomic E-state index is 13.0. The Hall–Kier alpha value is -0.450. The number of nitrogens with one attached hydrogen (secondary N) is 1. The summed E-state index contributed by atoms with van der Waals surface area (Å²) in [6.45, 7) is 3.34. The minimum absolute atomic E-state index is 0.185. The molecule has 1 aromatic carbocycles. The highest BCUT2D eigenvalue weighted by molar-refractivity contribution is 9.10. The van der Waals surface area contributed by atoms with E-state index in [0.717, 1.165) is 22.6 Å². The largest absolute Gasteiger partial charge is 0.310 e. The van der Waals surface area contributed by atoms with Gasteiger partial charge in [-0.2, -0.15) is 0 Å². The van der Waals surface area contributed by atoms with Crippen molar-refractivity contribution in [2.24, 2.45) is 0 Å². The number of piperidine rings is 1. The summed E-state index contributed by atoms with van der Waals surface area (Å²) in [6, 6.07) is 6.33. The molecule has 2 unspecified atom stereocenters. The van der Waals surface area contributed by atoms with E-state index in [1.807, 2.05) is 6.07 Å². The lowest BCUT2D eigenvalue weighted by Crippen LogP contribution is -2.45. The van der Waals surface area contributed by atoms with Crippen molar-refractivity contribution in [1.82, 2.24) is 10.2 Å². The van der Waals surface area contributed by atoms with Gasteiger partial charge in [0.2, 0.25) is 0 Å². The van der Waals surface area contributed by atoms with Gasteiger partial charge in [0.05, 0.1) is 0 Å². The summed E-state index contributed by atoms with van der Waals surface area (Å²) in [5.41, 5.74) is 1.13. The Kier molecular flexibility index (Phi) is 4.20. The SMILES string of the molecule is Fc1ccc(CNC2CCN3CCCC3C2)c(Br)c1. The first-order valence-corrected chi connectivity index (χ1v) is 7.93. The fourth-order valence-corrected chi connectivity index (χ4v) is 3.82. The van der Waals surface area contributed by atoms with Crippen LogP contribution in [0.15, 0.2) is 22.7 Å². The Balaban J connectivity index is 1.54. The van der Waals surface area contributed by atoms with Gasteiger partial charge in [0.1, 0.15) is 5.82 Å². The van der Waals surface area contributed by atoms with Gasteiger partial charge in [0.15, 0.2) is 0 Å². The van der Waals surface area contributed by atoms with Crippen molar-refractivity contribution < 1.29 is 4.39 Å². The van der Waals surface area contributed by atoms with Crippen LogP contribution in [-0.4, -0.2) is 30.1 Å². The maximum Gasteiger partial charge on any atom is 0.124 e. The van der Waals surface area contributed by atoms with Crippen LogP contribution in [0.2, 0.25) is 0 Å². The third kappa shape index (κ3) is 3.18. The zero-order valence-corrected chi connectivity index (χ0v) is 12.6. The van der Waals surface area contributed by atoms with Gasteiger partial charge in [0.25, 0.3) is 0 Å². The molecule has 3 rings (SSSR count). The third-order valence-corrected chi connectivity index (χ3v) is 5.15. The topological polar surface area (TPSA) is 15.3 Å². The second-order valence-corrected chi connectivity index (χ2v) is 6.52. The second kappa shape index (κ2) is 5.90. The van der Waals surface area contributed by atoms with E-state index >= 15 is 0 Å². The minimum atomic E-state index is -0.185. The van der Waals surface area contributed by atoms with Crippen LogP contribution in [0.25, 0.3) is 0 Å². The van der Waals surface area contributed by atoms with E-state index in [1.165, 1.54) is 50.9 Å². The predicted octanol–water partition coefficient (Wildman–Crippen LogP) is 3.30. The van der Waals surface area contributed by atoms with Crippen molar-refractivity contribution in [2.75, 3.05) is 13.1 Å². The van der Waals surface area contributed by atoms with Gasteiger partial charge in [-0.3, -0.25) is 0 Å². The average Bonchev–Trinajstić information content (AvgIpc) is 2.85. The van der Waals surface area contributed by atoms with Crippen LogP contribution in [0.3, 0.4) is 0 Å². The van der Waals surface area contributed by atoms with Crippen LogP contribution in [-0.2, 0) is 6.54 Å². The highest BCUT2D eigenvalue weighted by atomic mass is 79.9. The summed E-state index contributed by atoms with van der Waals surface area (Å²) in [7, 11) is 0. The molecule has 1 N–H and O–H groups in total. The molecule has 2 nitrogen and oxygen atoms in total. The number of hydrogen-bond donors (Lipinski definition) is 1. The number of halogens is 2. The normalized spacial score (nSPS) is 27.5. The molecular weight excluding hydrogens is 307 g/mol. The van der Waals surface area contributed by atoms with Crippen molar-refractivity contribution in [2.45, 2.75) is 44.3 Å². The summed E-state index contributed by atoms with van der Waals surface area (Å²) in [5.74, 6) is -0.185. The van der Waals surface area contributed by atoms with Crippen LogP contribution in [0.5, 0.6) is 0 Å². The second-order valence-electron chi connectivity index (χ2n) is 5.67.